The smallest absolute Gasteiger partial charge is 0.256 e. The maximum atomic E-state index is 12.4. The Bertz CT molecular complexity index is 614. The standard InChI is InChI=1S/C13H18N4OS3/c1-5-17-8(2)9(7-15-17)6-14-11(18)10-12(19-3)16-21-13(10)20-4/h7H,5-6H2,1-4H3,(H,14,18). The molecule has 0 unspecified atom stereocenters. The Hall–Kier alpha value is -0.990. The maximum Gasteiger partial charge on any atom is 0.256 e. The van der Waals surface area contributed by atoms with E-state index >= 15 is 0 Å². The molecule has 0 aliphatic heterocycles. The number of carbonyl (C=O) groups is 1. The topological polar surface area (TPSA) is 59.8 Å². The molecule has 0 aromatic carbocycles. The van der Waals surface area contributed by atoms with E-state index in [2.05, 4.69) is 21.7 Å². The van der Waals surface area contributed by atoms with Crippen molar-refractivity contribution >= 4 is 41.0 Å². The highest BCUT2D eigenvalue weighted by Crippen LogP contribution is 2.32. The number of hydrogen-bond donors (Lipinski definition) is 1. The van der Waals surface area contributed by atoms with E-state index in [1.165, 1.54) is 23.3 Å². The molecule has 0 saturated heterocycles. The SMILES string of the molecule is CCn1ncc(CNC(=O)c2c(SC)nsc2SC)c1C. The molecule has 5 nitrogen and oxygen atoms in total. The van der Waals surface area contributed by atoms with E-state index in [1.807, 2.05) is 30.3 Å². The highest BCUT2D eigenvalue weighted by Gasteiger charge is 2.20. The zero-order valence-electron chi connectivity index (χ0n) is 12.5. The molecule has 0 radical (unpaired) electrons. The molecule has 0 atom stereocenters. The summed E-state index contributed by atoms with van der Waals surface area (Å²) in [6.07, 6.45) is 5.71. The summed E-state index contributed by atoms with van der Waals surface area (Å²) in [5.41, 5.74) is 2.83. The van der Waals surface area contributed by atoms with Gasteiger partial charge in [-0.05, 0) is 37.9 Å². The molecular formula is C13H18N4OS3. The zero-order chi connectivity index (χ0) is 15.4. The van der Waals surface area contributed by atoms with Crippen LogP contribution >= 0.6 is 35.1 Å². The van der Waals surface area contributed by atoms with E-state index < -0.39 is 0 Å². The molecule has 8 heteroatoms. The Morgan fingerprint density at radius 1 is 1.43 bits per heavy atom. The number of aryl methyl sites for hydroxylation is 1. The molecule has 2 rings (SSSR count). The first-order valence-corrected chi connectivity index (χ1v) is 9.71. The van der Waals surface area contributed by atoms with Crippen molar-refractivity contribution < 1.29 is 4.79 Å². The first-order chi connectivity index (χ1) is 10.1. The van der Waals surface area contributed by atoms with Crippen LogP contribution in [0.1, 0.15) is 28.5 Å². The summed E-state index contributed by atoms with van der Waals surface area (Å²) in [4.78, 5) is 12.4. The molecule has 0 aliphatic carbocycles. The molecule has 2 heterocycles. The Labute approximate surface area is 137 Å². The fourth-order valence-corrected chi connectivity index (χ4v) is 4.25. The van der Waals surface area contributed by atoms with Gasteiger partial charge in [-0.25, -0.2) is 0 Å². The van der Waals surface area contributed by atoms with Crippen LogP contribution < -0.4 is 5.32 Å². The summed E-state index contributed by atoms with van der Waals surface area (Å²) < 4.78 is 7.20. The van der Waals surface area contributed by atoms with E-state index in [0.29, 0.717) is 12.1 Å². The average molecular weight is 343 g/mol. The Balaban J connectivity index is 2.11. The van der Waals surface area contributed by atoms with Gasteiger partial charge in [0.25, 0.3) is 5.91 Å². The normalized spacial score (nSPS) is 10.9. The number of nitrogens with one attached hydrogen (secondary N) is 1. The van der Waals surface area contributed by atoms with Crippen molar-refractivity contribution in [1.82, 2.24) is 19.5 Å². The second-order valence-corrected chi connectivity index (χ2v) is 6.96. The molecule has 21 heavy (non-hydrogen) atoms. The summed E-state index contributed by atoms with van der Waals surface area (Å²) in [5, 5.41) is 8.06. The summed E-state index contributed by atoms with van der Waals surface area (Å²) in [6, 6.07) is 0. The van der Waals surface area contributed by atoms with Gasteiger partial charge in [0.1, 0.15) is 5.03 Å². The second kappa shape index (κ2) is 7.33. The lowest BCUT2D eigenvalue weighted by molar-refractivity contribution is 0.0945. The zero-order valence-corrected chi connectivity index (χ0v) is 14.9. The van der Waals surface area contributed by atoms with Crippen LogP contribution in [0.3, 0.4) is 0 Å². The summed E-state index contributed by atoms with van der Waals surface area (Å²) in [6.45, 7) is 5.39. The molecule has 114 valence electrons. The maximum absolute atomic E-state index is 12.4. The number of hydrogen-bond acceptors (Lipinski definition) is 6. The van der Waals surface area contributed by atoms with Crippen molar-refractivity contribution in [3.63, 3.8) is 0 Å². The van der Waals surface area contributed by atoms with Gasteiger partial charge in [0.15, 0.2) is 0 Å². The lowest BCUT2D eigenvalue weighted by atomic mass is 10.2. The summed E-state index contributed by atoms with van der Waals surface area (Å²) >= 11 is 4.44. The van der Waals surface area contributed by atoms with Gasteiger partial charge in [-0.1, -0.05) is 0 Å². The van der Waals surface area contributed by atoms with E-state index in [4.69, 9.17) is 0 Å². The van der Waals surface area contributed by atoms with Crippen molar-refractivity contribution in [2.24, 2.45) is 0 Å². The minimum Gasteiger partial charge on any atom is -0.348 e. The van der Waals surface area contributed by atoms with E-state index in [0.717, 1.165) is 27.0 Å². The molecule has 0 fully saturated rings. The fourth-order valence-electron chi connectivity index (χ4n) is 1.97. The summed E-state index contributed by atoms with van der Waals surface area (Å²) in [7, 11) is 0. The van der Waals surface area contributed by atoms with Gasteiger partial charge in [0, 0.05) is 24.3 Å². The van der Waals surface area contributed by atoms with Crippen molar-refractivity contribution in [3.8, 4) is 0 Å². The fraction of sp³-hybridized carbons (Fsp3) is 0.462. The lowest BCUT2D eigenvalue weighted by Crippen LogP contribution is -2.23. The molecule has 1 N–H and O–H groups in total. The molecule has 0 saturated carbocycles. The van der Waals surface area contributed by atoms with Crippen LogP contribution in [0, 0.1) is 6.92 Å². The van der Waals surface area contributed by atoms with Crippen LogP contribution in [0.5, 0.6) is 0 Å². The third kappa shape index (κ3) is 3.44. The predicted molar refractivity (Wildman–Crippen MR) is 89.5 cm³/mol. The number of carbonyl (C=O) groups excluding carboxylic acids is 1. The van der Waals surface area contributed by atoms with E-state index in [-0.39, 0.29) is 5.91 Å². The molecular weight excluding hydrogens is 324 g/mol. The van der Waals surface area contributed by atoms with Crippen LogP contribution in [0.25, 0.3) is 0 Å². The molecule has 0 spiro atoms. The van der Waals surface area contributed by atoms with Crippen molar-refractivity contribution in [1.29, 1.82) is 0 Å². The first kappa shape index (κ1) is 16.4. The molecule has 2 aromatic rings. The molecule has 1 amide bonds. The average Bonchev–Trinajstić information content (AvgIpc) is 3.07. The van der Waals surface area contributed by atoms with Gasteiger partial charge in [-0.3, -0.25) is 9.48 Å². The van der Waals surface area contributed by atoms with Crippen LogP contribution in [-0.2, 0) is 13.1 Å². The van der Waals surface area contributed by atoms with Crippen LogP contribution in [0.4, 0.5) is 0 Å². The van der Waals surface area contributed by atoms with Gasteiger partial charge in [0.2, 0.25) is 0 Å². The van der Waals surface area contributed by atoms with Crippen LogP contribution in [0.2, 0.25) is 0 Å². The Morgan fingerprint density at radius 2 is 2.19 bits per heavy atom. The number of amides is 1. The van der Waals surface area contributed by atoms with Crippen molar-refractivity contribution in [2.45, 2.75) is 36.2 Å². The highest BCUT2D eigenvalue weighted by molar-refractivity contribution is 8.01. The first-order valence-electron chi connectivity index (χ1n) is 6.49. The van der Waals surface area contributed by atoms with E-state index in [9.17, 15) is 4.79 Å². The monoisotopic (exact) mass is 342 g/mol. The van der Waals surface area contributed by atoms with Gasteiger partial charge < -0.3 is 5.32 Å². The Kier molecular flexibility index (Phi) is 5.72. The minimum absolute atomic E-state index is 0.0684. The number of rotatable bonds is 6. The van der Waals surface area contributed by atoms with Crippen molar-refractivity contribution in [2.75, 3.05) is 12.5 Å². The van der Waals surface area contributed by atoms with Gasteiger partial charge >= 0.3 is 0 Å². The lowest BCUT2D eigenvalue weighted by Gasteiger charge is -2.06. The molecule has 2 aromatic heterocycles. The van der Waals surface area contributed by atoms with Gasteiger partial charge in [-0.2, -0.15) is 9.47 Å². The summed E-state index contributed by atoms with van der Waals surface area (Å²) in [5.74, 6) is -0.0684. The largest absolute Gasteiger partial charge is 0.348 e. The number of thioether (sulfide) groups is 2. The van der Waals surface area contributed by atoms with Crippen LogP contribution in [0.15, 0.2) is 15.4 Å². The quantitative estimate of drug-likeness (QED) is 0.818. The number of nitrogens with zero attached hydrogens (tertiary/aromatic N) is 3. The predicted octanol–water partition coefficient (Wildman–Crippen LogP) is 3.04. The van der Waals surface area contributed by atoms with Crippen molar-refractivity contribution in [3.05, 3.63) is 23.0 Å². The Morgan fingerprint density at radius 3 is 2.76 bits per heavy atom. The third-order valence-corrected chi connectivity index (χ3v) is 5.92. The van der Waals surface area contributed by atoms with Gasteiger partial charge in [-0.15, -0.1) is 23.5 Å². The second-order valence-electron chi connectivity index (χ2n) is 4.31. The van der Waals surface area contributed by atoms with Gasteiger partial charge in [0.05, 0.1) is 16.0 Å². The number of aromatic nitrogens is 3. The minimum atomic E-state index is -0.0684. The highest BCUT2D eigenvalue weighted by atomic mass is 32.2. The van der Waals surface area contributed by atoms with E-state index in [1.54, 1.807) is 11.8 Å². The third-order valence-electron chi connectivity index (χ3n) is 3.18. The van der Waals surface area contributed by atoms with Crippen LogP contribution in [-0.4, -0.2) is 32.6 Å². The molecule has 0 bridgehead atoms. The molecule has 0 aliphatic rings.